The molecule has 19 heavy (non-hydrogen) atoms. The lowest BCUT2D eigenvalue weighted by Gasteiger charge is -2.19. The molecule has 2 rings (SSSR count). The molecule has 102 valence electrons. The molecule has 0 unspecified atom stereocenters. The van der Waals surface area contributed by atoms with Crippen LogP contribution in [0.1, 0.15) is 18.9 Å². The highest BCUT2D eigenvalue weighted by atomic mass is 79.9. The molecule has 1 aromatic rings. The van der Waals surface area contributed by atoms with Crippen LogP contribution in [0.25, 0.3) is 0 Å². The molecule has 0 aromatic heterocycles. The van der Waals surface area contributed by atoms with Crippen LogP contribution in [0.2, 0.25) is 0 Å². The Morgan fingerprint density at radius 2 is 2.26 bits per heavy atom. The van der Waals surface area contributed by atoms with Crippen molar-refractivity contribution in [2.24, 2.45) is 5.10 Å². The Morgan fingerprint density at radius 3 is 2.95 bits per heavy atom. The van der Waals surface area contributed by atoms with Crippen molar-refractivity contribution in [2.75, 3.05) is 11.5 Å². The maximum Gasteiger partial charge on any atom is 0.242 e. The molecular formula is C13H15BrN2OS2. The van der Waals surface area contributed by atoms with E-state index in [2.05, 4.69) is 33.4 Å². The molecule has 0 saturated carbocycles. The zero-order chi connectivity index (χ0) is 13.7. The molecule has 0 bridgehead atoms. The van der Waals surface area contributed by atoms with E-state index in [0.717, 1.165) is 21.5 Å². The van der Waals surface area contributed by atoms with E-state index in [9.17, 15) is 4.79 Å². The van der Waals surface area contributed by atoms with Crippen molar-refractivity contribution >= 4 is 51.6 Å². The van der Waals surface area contributed by atoms with E-state index in [1.165, 1.54) is 0 Å². The largest absolute Gasteiger partial charge is 0.273 e. The number of benzene rings is 1. The molecule has 1 heterocycles. The minimum Gasteiger partial charge on any atom is -0.273 e. The maximum atomic E-state index is 11.8. The van der Waals surface area contributed by atoms with Gasteiger partial charge in [-0.2, -0.15) is 5.10 Å². The van der Waals surface area contributed by atoms with E-state index in [0.29, 0.717) is 6.42 Å². The number of halogens is 1. The first kappa shape index (κ1) is 14.9. The summed E-state index contributed by atoms with van der Waals surface area (Å²) in [5.74, 6) is 2.21. The number of hydrogen-bond donors (Lipinski definition) is 1. The number of rotatable bonds is 4. The quantitative estimate of drug-likeness (QED) is 0.661. The molecule has 1 N–H and O–H groups in total. The van der Waals surface area contributed by atoms with Crippen LogP contribution >= 0.6 is 39.5 Å². The molecule has 1 amide bonds. The van der Waals surface area contributed by atoms with Crippen LogP contribution in [0.3, 0.4) is 0 Å². The van der Waals surface area contributed by atoms with Crippen molar-refractivity contribution in [3.05, 3.63) is 34.3 Å². The number of hydrogen-bond acceptors (Lipinski definition) is 4. The minimum absolute atomic E-state index is 0.00930. The van der Waals surface area contributed by atoms with E-state index in [4.69, 9.17) is 0 Å². The summed E-state index contributed by atoms with van der Waals surface area (Å²) >= 11 is 7.09. The van der Waals surface area contributed by atoms with E-state index in [1.807, 2.05) is 47.8 Å². The zero-order valence-corrected chi connectivity index (χ0v) is 13.8. The number of carbonyl (C=O) groups excluding carboxylic acids is 1. The molecule has 0 radical (unpaired) electrons. The van der Waals surface area contributed by atoms with Gasteiger partial charge in [0.1, 0.15) is 0 Å². The Hall–Kier alpha value is -0.460. The van der Waals surface area contributed by atoms with Gasteiger partial charge in [0.15, 0.2) is 0 Å². The normalized spacial score (nSPS) is 17.8. The molecule has 0 spiro atoms. The lowest BCUT2D eigenvalue weighted by Crippen LogP contribution is -2.26. The molecular weight excluding hydrogens is 344 g/mol. The van der Waals surface area contributed by atoms with Gasteiger partial charge in [-0.1, -0.05) is 28.1 Å². The van der Waals surface area contributed by atoms with E-state index >= 15 is 0 Å². The van der Waals surface area contributed by atoms with Gasteiger partial charge in [0.2, 0.25) is 5.91 Å². The van der Waals surface area contributed by atoms with Gasteiger partial charge < -0.3 is 0 Å². The smallest absolute Gasteiger partial charge is 0.242 e. The summed E-state index contributed by atoms with van der Waals surface area (Å²) in [6.07, 6.45) is 2.15. The fourth-order valence-corrected chi connectivity index (χ4v) is 5.00. The second-order valence-electron chi connectivity index (χ2n) is 4.36. The molecule has 0 atom stereocenters. The second kappa shape index (κ2) is 6.81. The summed E-state index contributed by atoms with van der Waals surface area (Å²) in [4.78, 5) is 11.8. The first-order chi connectivity index (χ1) is 9.07. The van der Waals surface area contributed by atoms with Gasteiger partial charge >= 0.3 is 0 Å². The number of thioether (sulfide) groups is 2. The standard InChI is InChI=1S/C13H15BrN2OS2/c1-13(18-5-6-19-13)8-12(17)16-15-9-10-3-2-4-11(14)7-10/h2-4,7,9H,5-6,8H2,1H3,(H,16,17). The predicted molar refractivity (Wildman–Crippen MR) is 87.8 cm³/mol. The lowest BCUT2D eigenvalue weighted by molar-refractivity contribution is -0.121. The molecule has 1 saturated heterocycles. The first-order valence-corrected chi connectivity index (χ1v) is 8.69. The number of nitrogens with one attached hydrogen (secondary N) is 1. The Labute approximate surface area is 130 Å². The fourth-order valence-electron chi connectivity index (χ4n) is 1.76. The van der Waals surface area contributed by atoms with Crippen LogP contribution < -0.4 is 5.43 Å². The van der Waals surface area contributed by atoms with Gasteiger partial charge in [0, 0.05) is 16.0 Å². The topological polar surface area (TPSA) is 41.5 Å². The third-order valence-electron chi connectivity index (χ3n) is 2.63. The predicted octanol–water partition coefficient (Wildman–Crippen LogP) is 3.49. The molecule has 1 aromatic carbocycles. The summed E-state index contributed by atoms with van der Waals surface area (Å²) in [5, 5.41) is 3.99. The Morgan fingerprint density at radius 1 is 1.53 bits per heavy atom. The lowest BCUT2D eigenvalue weighted by atomic mass is 10.2. The SMILES string of the molecule is CC1(CC(=O)NN=Cc2cccc(Br)c2)SCCS1. The number of carbonyl (C=O) groups is 1. The van der Waals surface area contributed by atoms with Gasteiger partial charge in [-0.15, -0.1) is 23.5 Å². The van der Waals surface area contributed by atoms with E-state index < -0.39 is 0 Å². The van der Waals surface area contributed by atoms with E-state index in [-0.39, 0.29) is 9.99 Å². The summed E-state index contributed by atoms with van der Waals surface area (Å²) in [5.41, 5.74) is 3.54. The first-order valence-electron chi connectivity index (χ1n) is 5.93. The van der Waals surface area contributed by atoms with Crippen LogP contribution in [-0.4, -0.2) is 27.7 Å². The molecule has 0 aliphatic carbocycles. The number of nitrogens with zero attached hydrogens (tertiary/aromatic N) is 1. The summed E-state index contributed by atoms with van der Waals surface area (Å²) in [6.45, 7) is 2.12. The van der Waals surface area contributed by atoms with E-state index in [1.54, 1.807) is 6.21 Å². The second-order valence-corrected chi connectivity index (χ2v) is 8.73. The zero-order valence-electron chi connectivity index (χ0n) is 10.6. The van der Waals surface area contributed by atoms with Crippen molar-refractivity contribution in [3.63, 3.8) is 0 Å². The highest BCUT2D eigenvalue weighted by Gasteiger charge is 2.32. The molecule has 3 nitrogen and oxygen atoms in total. The highest BCUT2D eigenvalue weighted by Crippen LogP contribution is 2.45. The molecule has 6 heteroatoms. The maximum absolute atomic E-state index is 11.8. The summed E-state index contributed by atoms with van der Waals surface area (Å²) in [6, 6.07) is 7.76. The summed E-state index contributed by atoms with van der Waals surface area (Å²) in [7, 11) is 0. The van der Waals surface area contributed by atoms with Crippen LogP contribution in [0.5, 0.6) is 0 Å². The average molecular weight is 359 g/mol. The van der Waals surface area contributed by atoms with Gasteiger partial charge in [0.25, 0.3) is 0 Å². The third-order valence-corrected chi connectivity index (χ3v) is 6.42. The van der Waals surface area contributed by atoms with Crippen LogP contribution in [0, 0.1) is 0 Å². The van der Waals surface area contributed by atoms with Gasteiger partial charge in [0.05, 0.1) is 16.7 Å². The van der Waals surface area contributed by atoms with Crippen molar-refractivity contribution in [1.29, 1.82) is 0 Å². The third kappa shape index (κ3) is 4.85. The monoisotopic (exact) mass is 358 g/mol. The van der Waals surface area contributed by atoms with Crippen molar-refractivity contribution in [1.82, 2.24) is 5.43 Å². The number of hydrazone groups is 1. The van der Waals surface area contributed by atoms with Crippen LogP contribution in [0.15, 0.2) is 33.8 Å². The molecule has 1 aliphatic rings. The van der Waals surface area contributed by atoms with Crippen molar-refractivity contribution < 1.29 is 4.79 Å². The van der Waals surface area contributed by atoms with Crippen molar-refractivity contribution in [3.8, 4) is 0 Å². The van der Waals surface area contributed by atoms with Crippen LogP contribution in [0.4, 0.5) is 0 Å². The highest BCUT2D eigenvalue weighted by molar-refractivity contribution is 9.10. The van der Waals surface area contributed by atoms with Crippen molar-refractivity contribution in [2.45, 2.75) is 17.4 Å². The van der Waals surface area contributed by atoms with Gasteiger partial charge in [-0.25, -0.2) is 5.43 Å². The van der Waals surface area contributed by atoms with Crippen LogP contribution in [-0.2, 0) is 4.79 Å². The minimum atomic E-state index is -0.0318. The Kier molecular flexibility index (Phi) is 5.36. The summed E-state index contributed by atoms with van der Waals surface area (Å²) < 4.78 is 1.00. The van der Waals surface area contributed by atoms with Gasteiger partial charge in [-0.3, -0.25) is 4.79 Å². The molecule has 1 aliphatic heterocycles. The fraction of sp³-hybridized carbons (Fsp3) is 0.385. The molecule has 1 fully saturated rings. The average Bonchev–Trinajstić information content (AvgIpc) is 2.75. The Bertz CT molecular complexity index is 487. The Balaban J connectivity index is 1.83. The van der Waals surface area contributed by atoms with Gasteiger partial charge in [-0.05, 0) is 24.6 Å². The number of amides is 1.